The fourth-order valence-electron chi connectivity index (χ4n) is 1.73. The Morgan fingerprint density at radius 2 is 1.50 bits per heavy atom. The monoisotopic (exact) mass is 257 g/mol. The first-order valence-corrected chi connectivity index (χ1v) is 7.53. The van der Waals surface area contributed by atoms with Crippen molar-refractivity contribution in [2.75, 3.05) is 19.7 Å². The fourth-order valence-corrected chi connectivity index (χ4v) is 1.73. The summed E-state index contributed by atoms with van der Waals surface area (Å²) in [5.41, 5.74) is 0. The highest BCUT2D eigenvalue weighted by Crippen LogP contribution is 2.06. The van der Waals surface area contributed by atoms with Crippen LogP contribution in [0, 0.1) is 5.92 Å². The molecular weight excluding hydrogens is 226 g/mol. The molecule has 0 rings (SSSR count). The van der Waals surface area contributed by atoms with Crippen LogP contribution in [-0.2, 0) is 4.74 Å². The Labute approximate surface area is 113 Å². The highest BCUT2D eigenvalue weighted by molar-refractivity contribution is 5.67. The molecule has 0 aromatic carbocycles. The summed E-state index contributed by atoms with van der Waals surface area (Å²) >= 11 is 0. The van der Waals surface area contributed by atoms with E-state index in [1.165, 1.54) is 25.7 Å². The Hall–Kier alpha value is -0.730. The Balaban J connectivity index is 4.03. The van der Waals surface area contributed by atoms with Gasteiger partial charge < -0.3 is 9.64 Å². The first-order valence-electron chi connectivity index (χ1n) is 7.53. The molecule has 0 bridgehead atoms. The molecule has 0 N–H and O–H groups in total. The third-order valence-electron chi connectivity index (χ3n) is 2.86. The smallest absolute Gasteiger partial charge is 0.409 e. The van der Waals surface area contributed by atoms with Crippen molar-refractivity contribution in [3.8, 4) is 0 Å². The van der Waals surface area contributed by atoms with Crippen molar-refractivity contribution < 1.29 is 9.53 Å². The van der Waals surface area contributed by atoms with Gasteiger partial charge in [-0.25, -0.2) is 4.79 Å². The van der Waals surface area contributed by atoms with E-state index in [1.54, 1.807) is 0 Å². The van der Waals surface area contributed by atoms with Crippen LogP contribution in [0.2, 0.25) is 0 Å². The molecule has 0 unspecified atom stereocenters. The number of nitrogens with zero attached hydrogens (tertiary/aromatic N) is 1. The SMILES string of the molecule is CCCCCN(CCCCC)C(=O)OCC(C)C. The summed E-state index contributed by atoms with van der Waals surface area (Å²) in [6.45, 7) is 10.7. The molecule has 0 aliphatic rings. The minimum atomic E-state index is -0.129. The van der Waals surface area contributed by atoms with E-state index in [2.05, 4.69) is 27.7 Å². The topological polar surface area (TPSA) is 29.5 Å². The molecule has 0 saturated heterocycles. The molecule has 0 atom stereocenters. The maximum absolute atomic E-state index is 11.9. The maximum atomic E-state index is 11.9. The van der Waals surface area contributed by atoms with Crippen molar-refractivity contribution in [1.29, 1.82) is 0 Å². The van der Waals surface area contributed by atoms with Gasteiger partial charge in [-0.15, -0.1) is 0 Å². The Morgan fingerprint density at radius 3 is 1.89 bits per heavy atom. The van der Waals surface area contributed by atoms with Gasteiger partial charge in [0.25, 0.3) is 0 Å². The van der Waals surface area contributed by atoms with Crippen LogP contribution in [0.25, 0.3) is 0 Å². The zero-order chi connectivity index (χ0) is 13.8. The quantitative estimate of drug-likeness (QED) is 0.541. The summed E-state index contributed by atoms with van der Waals surface area (Å²) in [5, 5.41) is 0. The second kappa shape index (κ2) is 11.4. The fraction of sp³-hybridized carbons (Fsp3) is 0.933. The van der Waals surface area contributed by atoms with Crippen LogP contribution in [0.1, 0.15) is 66.2 Å². The van der Waals surface area contributed by atoms with E-state index in [9.17, 15) is 4.79 Å². The second-order valence-electron chi connectivity index (χ2n) is 5.37. The van der Waals surface area contributed by atoms with Gasteiger partial charge in [0.2, 0.25) is 0 Å². The molecule has 0 aliphatic heterocycles. The number of carbonyl (C=O) groups excluding carboxylic acids is 1. The summed E-state index contributed by atoms with van der Waals surface area (Å²) in [6.07, 6.45) is 6.77. The molecule has 3 nitrogen and oxygen atoms in total. The van der Waals surface area contributed by atoms with Gasteiger partial charge in [0.15, 0.2) is 0 Å². The minimum absolute atomic E-state index is 0.129. The third-order valence-corrected chi connectivity index (χ3v) is 2.86. The summed E-state index contributed by atoms with van der Waals surface area (Å²) in [6, 6.07) is 0. The van der Waals surface area contributed by atoms with E-state index in [4.69, 9.17) is 4.74 Å². The number of carbonyl (C=O) groups is 1. The first-order chi connectivity index (χ1) is 8.61. The van der Waals surface area contributed by atoms with Crippen molar-refractivity contribution in [3.63, 3.8) is 0 Å². The normalized spacial score (nSPS) is 10.7. The lowest BCUT2D eigenvalue weighted by molar-refractivity contribution is 0.0907. The van der Waals surface area contributed by atoms with Gasteiger partial charge in [-0.3, -0.25) is 0 Å². The van der Waals surface area contributed by atoms with E-state index < -0.39 is 0 Å². The number of hydrogen-bond acceptors (Lipinski definition) is 2. The molecule has 1 amide bonds. The van der Waals surface area contributed by atoms with Gasteiger partial charge in [0, 0.05) is 13.1 Å². The van der Waals surface area contributed by atoms with Crippen LogP contribution < -0.4 is 0 Å². The largest absolute Gasteiger partial charge is 0.449 e. The number of rotatable bonds is 10. The molecule has 0 fully saturated rings. The van der Waals surface area contributed by atoms with E-state index >= 15 is 0 Å². The maximum Gasteiger partial charge on any atom is 0.409 e. The third kappa shape index (κ3) is 9.32. The predicted octanol–water partition coefficient (Wildman–Crippen LogP) is 4.46. The molecule has 0 aliphatic carbocycles. The lowest BCUT2D eigenvalue weighted by atomic mass is 10.2. The van der Waals surface area contributed by atoms with E-state index in [0.717, 1.165) is 25.9 Å². The van der Waals surface area contributed by atoms with Gasteiger partial charge >= 0.3 is 6.09 Å². The minimum Gasteiger partial charge on any atom is -0.449 e. The molecule has 18 heavy (non-hydrogen) atoms. The highest BCUT2D eigenvalue weighted by atomic mass is 16.6. The molecule has 0 radical (unpaired) electrons. The number of unbranched alkanes of at least 4 members (excludes halogenated alkanes) is 4. The zero-order valence-electron chi connectivity index (χ0n) is 12.7. The average molecular weight is 257 g/mol. The zero-order valence-corrected chi connectivity index (χ0v) is 12.7. The van der Waals surface area contributed by atoms with Crippen LogP contribution in [0.5, 0.6) is 0 Å². The Kier molecular flexibility index (Phi) is 10.9. The van der Waals surface area contributed by atoms with Gasteiger partial charge in [-0.05, 0) is 18.8 Å². The van der Waals surface area contributed by atoms with E-state index in [-0.39, 0.29) is 6.09 Å². The first kappa shape index (κ1) is 17.3. The van der Waals surface area contributed by atoms with Crippen molar-refractivity contribution in [2.45, 2.75) is 66.2 Å². The van der Waals surface area contributed by atoms with Crippen molar-refractivity contribution in [2.24, 2.45) is 5.92 Å². The lowest BCUT2D eigenvalue weighted by Gasteiger charge is -2.22. The van der Waals surface area contributed by atoms with Crippen LogP contribution in [0.15, 0.2) is 0 Å². The molecule has 0 aromatic heterocycles. The average Bonchev–Trinajstić information content (AvgIpc) is 2.34. The summed E-state index contributed by atoms with van der Waals surface area (Å²) in [7, 11) is 0. The highest BCUT2D eigenvalue weighted by Gasteiger charge is 2.14. The molecular formula is C15H31NO2. The molecule has 0 aromatic rings. The van der Waals surface area contributed by atoms with Crippen molar-refractivity contribution >= 4 is 6.09 Å². The van der Waals surface area contributed by atoms with Gasteiger partial charge in [-0.1, -0.05) is 53.4 Å². The standard InChI is InChI=1S/C15H31NO2/c1-5-7-9-11-16(12-10-8-6-2)15(17)18-13-14(3)4/h14H,5-13H2,1-4H3. The van der Waals surface area contributed by atoms with Crippen molar-refractivity contribution in [1.82, 2.24) is 4.90 Å². The molecule has 0 spiro atoms. The summed E-state index contributed by atoms with van der Waals surface area (Å²) in [5.74, 6) is 0.405. The number of hydrogen-bond donors (Lipinski definition) is 0. The van der Waals surface area contributed by atoms with Crippen LogP contribution >= 0.6 is 0 Å². The molecule has 3 heteroatoms. The summed E-state index contributed by atoms with van der Waals surface area (Å²) in [4.78, 5) is 13.8. The van der Waals surface area contributed by atoms with Gasteiger partial charge in [0.1, 0.15) is 0 Å². The molecule has 0 saturated carbocycles. The molecule has 0 heterocycles. The van der Waals surface area contributed by atoms with Crippen LogP contribution in [0.4, 0.5) is 4.79 Å². The Bertz CT molecular complexity index is 195. The molecule has 108 valence electrons. The Morgan fingerprint density at radius 1 is 1.00 bits per heavy atom. The van der Waals surface area contributed by atoms with Gasteiger partial charge in [-0.2, -0.15) is 0 Å². The number of amides is 1. The summed E-state index contributed by atoms with van der Waals surface area (Å²) < 4.78 is 5.31. The van der Waals surface area contributed by atoms with Crippen molar-refractivity contribution in [3.05, 3.63) is 0 Å². The predicted molar refractivity (Wildman–Crippen MR) is 76.8 cm³/mol. The number of ether oxygens (including phenoxy) is 1. The van der Waals surface area contributed by atoms with Gasteiger partial charge in [0.05, 0.1) is 6.61 Å². The second-order valence-corrected chi connectivity index (χ2v) is 5.37. The van der Waals surface area contributed by atoms with E-state index in [1.807, 2.05) is 4.90 Å². The van der Waals surface area contributed by atoms with Crippen LogP contribution in [0.3, 0.4) is 0 Å². The lowest BCUT2D eigenvalue weighted by Crippen LogP contribution is -2.34. The van der Waals surface area contributed by atoms with E-state index in [0.29, 0.717) is 12.5 Å². The van der Waals surface area contributed by atoms with Crippen LogP contribution in [-0.4, -0.2) is 30.7 Å².